The molecule has 1 aromatic carbocycles. The van der Waals surface area contributed by atoms with Gasteiger partial charge >= 0.3 is 5.63 Å². The maximum atomic E-state index is 11.9. The molecule has 100 valence electrons. The summed E-state index contributed by atoms with van der Waals surface area (Å²) < 4.78 is 5.12. The Morgan fingerprint density at radius 1 is 1.32 bits per heavy atom. The van der Waals surface area contributed by atoms with Gasteiger partial charge in [-0.2, -0.15) is 0 Å². The second-order valence-corrected chi connectivity index (χ2v) is 4.92. The summed E-state index contributed by atoms with van der Waals surface area (Å²) in [4.78, 5) is 23.7. The summed E-state index contributed by atoms with van der Waals surface area (Å²) in [5, 5.41) is 3.48. The van der Waals surface area contributed by atoms with Gasteiger partial charge in [-0.05, 0) is 24.5 Å². The van der Waals surface area contributed by atoms with Gasteiger partial charge < -0.3 is 9.73 Å². The van der Waals surface area contributed by atoms with Crippen LogP contribution in [0, 0.1) is 5.92 Å². The summed E-state index contributed by atoms with van der Waals surface area (Å²) in [6.07, 6.45) is 0.880. The van der Waals surface area contributed by atoms with Crippen molar-refractivity contribution in [3.63, 3.8) is 0 Å². The fourth-order valence-electron chi connectivity index (χ4n) is 1.79. The summed E-state index contributed by atoms with van der Waals surface area (Å²) in [5.41, 5.74) is -0.0468. The van der Waals surface area contributed by atoms with E-state index >= 15 is 0 Å². The third-order valence-electron chi connectivity index (χ3n) is 2.89. The van der Waals surface area contributed by atoms with Crippen LogP contribution >= 0.6 is 0 Å². The molecule has 2 rings (SSSR count). The third kappa shape index (κ3) is 3.22. The predicted octanol–water partition coefficient (Wildman–Crippen LogP) is 2.57. The van der Waals surface area contributed by atoms with Crippen molar-refractivity contribution < 1.29 is 9.21 Å². The van der Waals surface area contributed by atoms with E-state index in [2.05, 4.69) is 19.2 Å². The van der Waals surface area contributed by atoms with Gasteiger partial charge in [-0.1, -0.05) is 32.0 Å². The molecule has 4 nitrogen and oxygen atoms in total. The molecule has 0 atom stereocenters. The maximum absolute atomic E-state index is 11.9. The van der Waals surface area contributed by atoms with Gasteiger partial charge in [0.1, 0.15) is 11.1 Å². The molecule has 0 saturated carbocycles. The van der Waals surface area contributed by atoms with E-state index in [1.54, 1.807) is 18.2 Å². The fraction of sp³-hybridized carbons (Fsp3) is 0.333. The SMILES string of the molecule is CC(C)CCNC(=O)c1cc2ccccc2oc1=O. The van der Waals surface area contributed by atoms with Crippen LogP contribution in [0.3, 0.4) is 0 Å². The quantitative estimate of drug-likeness (QED) is 0.858. The third-order valence-corrected chi connectivity index (χ3v) is 2.89. The Bertz CT molecular complexity index is 643. The summed E-state index contributed by atoms with van der Waals surface area (Å²) in [6, 6.07) is 8.71. The minimum absolute atomic E-state index is 0.0578. The molecule has 0 fully saturated rings. The number of fused-ring (bicyclic) bond motifs is 1. The molecule has 2 aromatic rings. The van der Waals surface area contributed by atoms with Gasteiger partial charge in [0.15, 0.2) is 0 Å². The van der Waals surface area contributed by atoms with E-state index in [1.165, 1.54) is 0 Å². The van der Waals surface area contributed by atoms with Gasteiger partial charge in [-0.3, -0.25) is 4.79 Å². The van der Waals surface area contributed by atoms with Crippen LogP contribution in [-0.2, 0) is 0 Å². The number of rotatable bonds is 4. The largest absolute Gasteiger partial charge is 0.422 e. The van der Waals surface area contributed by atoms with Crippen molar-refractivity contribution in [1.29, 1.82) is 0 Å². The average Bonchev–Trinajstić information content (AvgIpc) is 2.37. The molecule has 0 aliphatic carbocycles. The van der Waals surface area contributed by atoms with Crippen LogP contribution in [0.15, 0.2) is 39.5 Å². The van der Waals surface area contributed by atoms with Crippen molar-refractivity contribution in [1.82, 2.24) is 5.32 Å². The van der Waals surface area contributed by atoms with Gasteiger partial charge in [0, 0.05) is 11.9 Å². The number of para-hydroxylation sites is 1. The Kier molecular flexibility index (Phi) is 4.00. The van der Waals surface area contributed by atoms with Gasteiger partial charge in [0.05, 0.1) is 0 Å². The molecule has 0 unspecified atom stereocenters. The molecule has 4 heteroatoms. The van der Waals surface area contributed by atoms with E-state index in [4.69, 9.17) is 4.42 Å². The highest BCUT2D eigenvalue weighted by Gasteiger charge is 2.13. The minimum atomic E-state index is -0.597. The fourth-order valence-corrected chi connectivity index (χ4v) is 1.79. The maximum Gasteiger partial charge on any atom is 0.349 e. The van der Waals surface area contributed by atoms with E-state index in [1.807, 2.05) is 12.1 Å². The lowest BCUT2D eigenvalue weighted by molar-refractivity contribution is 0.0948. The van der Waals surface area contributed by atoms with E-state index in [0.717, 1.165) is 11.8 Å². The average molecular weight is 259 g/mol. The first-order chi connectivity index (χ1) is 9.08. The van der Waals surface area contributed by atoms with Crippen LogP contribution in [-0.4, -0.2) is 12.5 Å². The summed E-state index contributed by atoms with van der Waals surface area (Å²) >= 11 is 0. The van der Waals surface area contributed by atoms with Gasteiger partial charge in [-0.15, -0.1) is 0 Å². The van der Waals surface area contributed by atoms with Crippen molar-refractivity contribution >= 4 is 16.9 Å². The zero-order valence-corrected chi connectivity index (χ0v) is 11.1. The first-order valence-corrected chi connectivity index (χ1v) is 6.39. The molecule has 0 bridgehead atoms. The number of hydrogen-bond acceptors (Lipinski definition) is 3. The van der Waals surface area contributed by atoms with E-state index in [0.29, 0.717) is 18.0 Å². The number of hydrogen-bond donors (Lipinski definition) is 1. The van der Waals surface area contributed by atoms with Crippen LogP contribution in [0.1, 0.15) is 30.6 Å². The first-order valence-electron chi connectivity index (χ1n) is 6.39. The lowest BCUT2D eigenvalue weighted by atomic mass is 10.1. The van der Waals surface area contributed by atoms with Crippen LogP contribution in [0.2, 0.25) is 0 Å². The normalized spacial score (nSPS) is 10.9. The van der Waals surface area contributed by atoms with Crippen molar-refractivity contribution in [3.8, 4) is 0 Å². The summed E-state index contributed by atoms with van der Waals surface area (Å²) in [6.45, 7) is 4.72. The molecule has 1 aromatic heterocycles. The Hall–Kier alpha value is -2.10. The first kappa shape index (κ1) is 13.3. The number of benzene rings is 1. The Balaban J connectivity index is 2.22. The van der Waals surface area contributed by atoms with Crippen molar-refractivity contribution in [2.45, 2.75) is 20.3 Å². The molecule has 1 N–H and O–H groups in total. The zero-order valence-electron chi connectivity index (χ0n) is 11.1. The van der Waals surface area contributed by atoms with Gasteiger partial charge in [0.2, 0.25) is 0 Å². The smallest absolute Gasteiger partial charge is 0.349 e. The molecule has 19 heavy (non-hydrogen) atoms. The highest BCUT2D eigenvalue weighted by atomic mass is 16.4. The topological polar surface area (TPSA) is 59.3 Å². The molecule has 0 aliphatic rings. The molecule has 0 aliphatic heterocycles. The molecule has 0 spiro atoms. The molecular weight excluding hydrogens is 242 g/mol. The Morgan fingerprint density at radius 3 is 2.79 bits per heavy atom. The molecular formula is C15H17NO3. The van der Waals surface area contributed by atoms with Crippen LogP contribution in [0.25, 0.3) is 11.0 Å². The highest BCUT2D eigenvalue weighted by molar-refractivity contribution is 5.96. The van der Waals surface area contributed by atoms with Crippen molar-refractivity contribution in [2.75, 3.05) is 6.54 Å². The molecule has 0 saturated heterocycles. The standard InChI is InChI=1S/C15H17NO3/c1-10(2)7-8-16-14(17)12-9-11-5-3-4-6-13(11)19-15(12)18/h3-6,9-10H,7-8H2,1-2H3,(H,16,17). The highest BCUT2D eigenvalue weighted by Crippen LogP contribution is 2.12. The van der Waals surface area contributed by atoms with Crippen molar-refractivity contribution in [2.24, 2.45) is 5.92 Å². The van der Waals surface area contributed by atoms with E-state index in [-0.39, 0.29) is 11.5 Å². The monoisotopic (exact) mass is 259 g/mol. The van der Waals surface area contributed by atoms with Crippen LogP contribution < -0.4 is 10.9 Å². The van der Waals surface area contributed by atoms with Crippen LogP contribution in [0.5, 0.6) is 0 Å². The van der Waals surface area contributed by atoms with Crippen LogP contribution in [0.4, 0.5) is 0 Å². The Morgan fingerprint density at radius 2 is 2.05 bits per heavy atom. The molecule has 0 radical (unpaired) electrons. The van der Waals surface area contributed by atoms with E-state index < -0.39 is 5.63 Å². The summed E-state index contributed by atoms with van der Waals surface area (Å²) in [7, 11) is 0. The second kappa shape index (κ2) is 5.69. The number of carbonyl (C=O) groups is 1. The number of amides is 1. The van der Waals surface area contributed by atoms with E-state index in [9.17, 15) is 9.59 Å². The van der Waals surface area contributed by atoms with Gasteiger partial charge in [-0.25, -0.2) is 4.79 Å². The molecule has 1 heterocycles. The number of carbonyl (C=O) groups excluding carboxylic acids is 1. The van der Waals surface area contributed by atoms with Gasteiger partial charge in [0.25, 0.3) is 5.91 Å². The minimum Gasteiger partial charge on any atom is -0.422 e. The number of nitrogens with one attached hydrogen (secondary N) is 1. The predicted molar refractivity (Wildman–Crippen MR) is 74.3 cm³/mol. The lowest BCUT2D eigenvalue weighted by Gasteiger charge is -2.06. The molecule has 1 amide bonds. The van der Waals surface area contributed by atoms with Crippen molar-refractivity contribution in [3.05, 3.63) is 46.3 Å². The zero-order chi connectivity index (χ0) is 13.8. The summed E-state index contributed by atoms with van der Waals surface area (Å²) in [5.74, 6) is 0.133. The Labute approximate surface area is 111 Å². The lowest BCUT2D eigenvalue weighted by Crippen LogP contribution is -2.29. The second-order valence-electron chi connectivity index (χ2n) is 4.92.